The molecule has 0 radical (unpaired) electrons. The molecule has 7 nitrogen and oxygen atoms in total. The minimum Gasteiger partial charge on any atom is -0.476 e. The van der Waals surface area contributed by atoms with Crippen molar-refractivity contribution < 1.29 is 32.3 Å². The molecule has 0 aliphatic heterocycles. The number of nitrogens with zero attached hydrogens (tertiary/aromatic N) is 3. The Hall–Kier alpha value is -2.98. The summed E-state index contributed by atoms with van der Waals surface area (Å²) in [6.07, 6.45) is -3.57. The van der Waals surface area contributed by atoms with Crippen LogP contribution in [0.3, 0.4) is 0 Å². The Morgan fingerprint density at radius 1 is 1.29 bits per heavy atom. The highest BCUT2D eigenvalue weighted by molar-refractivity contribution is 5.94. The summed E-state index contributed by atoms with van der Waals surface area (Å²) >= 11 is 0. The van der Waals surface area contributed by atoms with Gasteiger partial charge in [0.1, 0.15) is 5.82 Å². The van der Waals surface area contributed by atoms with Gasteiger partial charge in [-0.3, -0.25) is 4.79 Å². The molecule has 1 aromatic heterocycles. The van der Waals surface area contributed by atoms with Crippen LogP contribution in [0, 0.1) is 5.82 Å². The molecule has 1 heterocycles. The molecule has 0 saturated heterocycles. The fourth-order valence-corrected chi connectivity index (χ4v) is 1.76. The molecule has 2 aromatic rings. The van der Waals surface area contributed by atoms with Gasteiger partial charge in [-0.25, -0.2) is 13.9 Å². The van der Waals surface area contributed by atoms with Crippen molar-refractivity contribution in [2.24, 2.45) is 0 Å². The van der Waals surface area contributed by atoms with Crippen LogP contribution >= 0.6 is 0 Å². The SMILES string of the molecule is O=C(O)c1cn(CCNC(=O)c2ccc(C(F)(F)F)cc2F)nn1. The summed E-state index contributed by atoms with van der Waals surface area (Å²) in [5, 5.41) is 17.8. The minimum absolute atomic E-state index is 0.0499. The van der Waals surface area contributed by atoms with Crippen molar-refractivity contribution in [3.05, 3.63) is 47.0 Å². The largest absolute Gasteiger partial charge is 0.476 e. The number of amides is 1. The molecule has 24 heavy (non-hydrogen) atoms. The van der Waals surface area contributed by atoms with Gasteiger partial charge >= 0.3 is 12.1 Å². The van der Waals surface area contributed by atoms with Crippen molar-refractivity contribution in [2.45, 2.75) is 12.7 Å². The van der Waals surface area contributed by atoms with Gasteiger partial charge in [-0.15, -0.1) is 5.10 Å². The number of rotatable bonds is 5. The predicted octanol–water partition coefficient (Wildman–Crippen LogP) is 1.56. The first-order chi connectivity index (χ1) is 11.2. The first-order valence-corrected chi connectivity index (χ1v) is 6.47. The summed E-state index contributed by atoms with van der Waals surface area (Å²) in [7, 11) is 0. The zero-order chi connectivity index (χ0) is 17.9. The minimum atomic E-state index is -4.70. The summed E-state index contributed by atoms with van der Waals surface area (Å²) in [6, 6.07) is 1.59. The molecule has 0 aliphatic rings. The number of hydrogen-bond donors (Lipinski definition) is 2. The Morgan fingerprint density at radius 2 is 2.00 bits per heavy atom. The third-order valence-electron chi connectivity index (χ3n) is 2.93. The lowest BCUT2D eigenvalue weighted by Crippen LogP contribution is -2.28. The van der Waals surface area contributed by atoms with Crippen molar-refractivity contribution in [2.75, 3.05) is 6.54 Å². The van der Waals surface area contributed by atoms with Gasteiger partial charge in [-0.05, 0) is 18.2 Å². The van der Waals surface area contributed by atoms with E-state index in [1.54, 1.807) is 0 Å². The molecule has 128 valence electrons. The predicted molar refractivity (Wildman–Crippen MR) is 70.7 cm³/mol. The van der Waals surface area contributed by atoms with Crippen LogP contribution in [0.2, 0.25) is 0 Å². The summed E-state index contributed by atoms with van der Waals surface area (Å²) in [4.78, 5) is 22.4. The Morgan fingerprint density at radius 3 is 2.54 bits per heavy atom. The molecular formula is C13H10F4N4O3. The van der Waals surface area contributed by atoms with Gasteiger partial charge < -0.3 is 10.4 Å². The van der Waals surface area contributed by atoms with Crippen LogP contribution < -0.4 is 5.32 Å². The number of carbonyl (C=O) groups excluding carboxylic acids is 1. The zero-order valence-corrected chi connectivity index (χ0v) is 11.8. The number of carboxylic acids is 1. The van der Waals surface area contributed by atoms with Crippen LogP contribution in [0.25, 0.3) is 0 Å². The van der Waals surface area contributed by atoms with E-state index in [2.05, 4.69) is 15.6 Å². The fraction of sp³-hybridized carbons (Fsp3) is 0.231. The number of alkyl halides is 3. The number of carboxylic acid groups (broad SMARTS) is 1. The summed E-state index contributed by atoms with van der Waals surface area (Å²) in [5.41, 5.74) is -2.01. The molecule has 1 amide bonds. The number of benzene rings is 1. The smallest absolute Gasteiger partial charge is 0.416 e. The highest BCUT2D eigenvalue weighted by atomic mass is 19.4. The average Bonchev–Trinajstić information content (AvgIpc) is 2.95. The van der Waals surface area contributed by atoms with Crippen LogP contribution in [0.1, 0.15) is 26.4 Å². The molecule has 0 fully saturated rings. The lowest BCUT2D eigenvalue weighted by molar-refractivity contribution is -0.137. The number of carbonyl (C=O) groups is 2. The first kappa shape index (κ1) is 17.4. The van der Waals surface area contributed by atoms with E-state index >= 15 is 0 Å². The maximum Gasteiger partial charge on any atom is 0.416 e. The van der Waals surface area contributed by atoms with Crippen LogP contribution in [0.4, 0.5) is 17.6 Å². The number of hydrogen-bond acceptors (Lipinski definition) is 4. The third kappa shape index (κ3) is 4.06. The second-order valence-electron chi connectivity index (χ2n) is 4.62. The molecular weight excluding hydrogens is 336 g/mol. The van der Waals surface area contributed by atoms with Crippen molar-refractivity contribution >= 4 is 11.9 Å². The summed E-state index contributed by atoms with van der Waals surface area (Å²) in [5.74, 6) is -3.46. The molecule has 0 atom stereocenters. The zero-order valence-electron chi connectivity index (χ0n) is 11.8. The Balaban J connectivity index is 1.96. The van der Waals surface area contributed by atoms with Crippen LogP contribution in [0.15, 0.2) is 24.4 Å². The molecule has 11 heteroatoms. The van der Waals surface area contributed by atoms with Gasteiger partial charge in [0.2, 0.25) is 0 Å². The highest BCUT2D eigenvalue weighted by Crippen LogP contribution is 2.30. The number of halogens is 4. The van der Waals surface area contributed by atoms with E-state index in [1.165, 1.54) is 0 Å². The van der Waals surface area contributed by atoms with Crippen molar-refractivity contribution in [1.29, 1.82) is 0 Å². The van der Waals surface area contributed by atoms with Crippen molar-refractivity contribution in [1.82, 2.24) is 20.3 Å². The molecule has 0 saturated carbocycles. The number of aromatic carboxylic acids is 1. The maximum absolute atomic E-state index is 13.6. The molecule has 2 N–H and O–H groups in total. The molecule has 0 aliphatic carbocycles. The van der Waals surface area contributed by atoms with Crippen LogP contribution in [-0.2, 0) is 12.7 Å². The van der Waals surface area contributed by atoms with Gasteiger partial charge in [0, 0.05) is 6.54 Å². The Labute approximate surface area is 131 Å². The van der Waals surface area contributed by atoms with E-state index in [9.17, 15) is 27.2 Å². The average molecular weight is 346 g/mol. The third-order valence-corrected chi connectivity index (χ3v) is 2.93. The van der Waals surface area contributed by atoms with E-state index in [0.29, 0.717) is 6.07 Å². The van der Waals surface area contributed by atoms with Gasteiger partial charge in [-0.2, -0.15) is 13.2 Å². The van der Waals surface area contributed by atoms with Crippen LogP contribution in [-0.4, -0.2) is 38.5 Å². The van der Waals surface area contributed by atoms with Crippen LogP contribution in [0.5, 0.6) is 0 Å². The van der Waals surface area contributed by atoms with Gasteiger partial charge in [-0.1, -0.05) is 5.21 Å². The van der Waals surface area contributed by atoms with Crippen molar-refractivity contribution in [3.8, 4) is 0 Å². The molecule has 0 bridgehead atoms. The highest BCUT2D eigenvalue weighted by Gasteiger charge is 2.31. The Bertz CT molecular complexity index is 773. The molecule has 0 unspecified atom stereocenters. The van der Waals surface area contributed by atoms with Gasteiger partial charge in [0.25, 0.3) is 5.91 Å². The first-order valence-electron chi connectivity index (χ1n) is 6.47. The van der Waals surface area contributed by atoms with E-state index in [0.717, 1.165) is 16.9 Å². The van der Waals surface area contributed by atoms with Crippen molar-refractivity contribution in [3.63, 3.8) is 0 Å². The molecule has 1 aromatic carbocycles. The van der Waals surface area contributed by atoms with Gasteiger partial charge in [0.15, 0.2) is 5.69 Å². The lowest BCUT2D eigenvalue weighted by Gasteiger charge is -2.09. The standard InChI is InChI=1S/C13H10F4N4O3/c14-9-5-7(13(15,16)17)1-2-8(9)11(22)18-3-4-21-6-10(12(23)24)19-20-21/h1-2,5-6H,3-4H2,(H,18,22)(H,23,24). The second kappa shape index (κ2) is 6.64. The van der Waals surface area contributed by atoms with E-state index in [4.69, 9.17) is 5.11 Å². The molecule has 0 spiro atoms. The number of nitrogens with one attached hydrogen (secondary N) is 1. The Kier molecular flexibility index (Phi) is 4.81. The summed E-state index contributed by atoms with van der Waals surface area (Å²) in [6.45, 7) is -0.00398. The monoisotopic (exact) mass is 346 g/mol. The van der Waals surface area contributed by atoms with E-state index < -0.39 is 35.0 Å². The van der Waals surface area contributed by atoms with E-state index in [1.807, 2.05) is 0 Å². The quantitative estimate of drug-likeness (QED) is 0.801. The topological polar surface area (TPSA) is 97.1 Å². The lowest BCUT2D eigenvalue weighted by atomic mass is 10.1. The van der Waals surface area contributed by atoms with Gasteiger partial charge in [0.05, 0.1) is 23.9 Å². The number of aromatic nitrogens is 3. The fourth-order valence-electron chi connectivity index (χ4n) is 1.76. The normalized spacial score (nSPS) is 11.3. The van der Waals surface area contributed by atoms with E-state index in [-0.39, 0.29) is 24.8 Å². The molecule has 2 rings (SSSR count). The summed E-state index contributed by atoms with van der Waals surface area (Å²) < 4.78 is 52.0. The maximum atomic E-state index is 13.6. The second-order valence-corrected chi connectivity index (χ2v) is 4.62.